The number of phenols is 2. The van der Waals surface area contributed by atoms with E-state index in [-0.39, 0.29) is 18.3 Å². The SMILES string of the molecule is Cc1cc(-c2nc3cccnc3n2-c2ccc3c(c2)OCO3)c(O)cc1O. The van der Waals surface area contributed by atoms with E-state index in [1.807, 2.05) is 34.9 Å². The van der Waals surface area contributed by atoms with Gasteiger partial charge in [-0.15, -0.1) is 0 Å². The van der Waals surface area contributed by atoms with Crippen molar-refractivity contribution >= 4 is 11.2 Å². The van der Waals surface area contributed by atoms with Gasteiger partial charge in [-0.2, -0.15) is 0 Å². The lowest BCUT2D eigenvalue weighted by Gasteiger charge is -2.12. The van der Waals surface area contributed by atoms with Crippen LogP contribution < -0.4 is 9.47 Å². The maximum atomic E-state index is 10.4. The number of aromatic hydroxyl groups is 2. The molecule has 0 atom stereocenters. The highest BCUT2D eigenvalue weighted by Gasteiger charge is 2.21. The molecule has 0 radical (unpaired) electrons. The van der Waals surface area contributed by atoms with E-state index in [2.05, 4.69) is 9.97 Å². The second-order valence-corrected chi connectivity index (χ2v) is 6.31. The molecule has 4 aromatic rings. The highest BCUT2D eigenvalue weighted by Crippen LogP contribution is 2.39. The normalized spacial score (nSPS) is 12.6. The molecule has 1 aliphatic rings. The van der Waals surface area contributed by atoms with Crippen LogP contribution in [0.3, 0.4) is 0 Å². The molecule has 2 aromatic heterocycles. The van der Waals surface area contributed by atoms with Gasteiger partial charge in [-0.25, -0.2) is 9.97 Å². The monoisotopic (exact) mass is 361 g/mol. The van der Waals surface area contributed by atoms with Crippen molar-refractivity contribution in [2.75, 3.05) is 6.79 Å². The van der Waals surface area contributed by atoms with Crippen molar-refractivity contribution in [3.63, 3.8) is 0 Å². The Morgan fingerprint density at radius 2 is 1.85 bits per heavy atom. The Kier molecular flexibility index (Phi) is 3.24. The lowest BCUT2D eigenvalue weighted by molar-refractivity contribution is 0.174. The minimum Gasteiger partial charge on any atom is -0.508 e. The molecule has 5 rings (SSSR count). The fourth-order valence-corrected chi connectivity index (χ4v) is 3.23. The van der Waals surface area contributed by atoms with Crippen LogP contribution >= 0.6 is 0 Å². The first-order valence-electron chi connectivity index (χ1n) is 8.38. The van der Waals surface area contributed by atoms with E-state index in [9.17, 15) is 10.2 Å². The van der Waals surface area contributed by atoms with Crippen molar-refractivity contribution < 1.29 is 19.7 Å². The van der Waals surface area contributed by atoms with Crippen molar-refractivity contribution in [3.8, 4) is 40.1 Å². The molecule has 3 heterocycles. The van der Waals surface area contributed by atoms with Crippen LogP contribution in [0, 0.1) is 6.92 Å². The van der Waals surface area contributed by atoms with Crippen LogP contribution in [0.15, 0.2) is 48.7 Å². The third kappa shape index (κ3) is 2.36. The summed E-state index contributed by atoms with van der Waals surface area (Å²) < 4.78 is 12.7. The van der Waals surface area contributed by atoms with Crippen LogP contribution in [0.1, 0.15) is 5.56 Å². The first-order valence-corrected chi connectivity index (χ1v) is 8.38. The average molecular weight is 361 g/mol. The number of aromatic nitrogens is 3. The number of phenolic OH excluding ortho intramolecular Hbond substituents is 2. The largest absolute Gasteiger partial charge is 0.508 e. The number of nitrogens with zero attached hydrogens (tertiary/aromatic N) is 3. The minimum absolute atomic E-state index is 0.0279. The van der Waals surface area contributed by atoms with Gasteiger partial charge in [0, 0.05) is 18.3 Å². The van der Waals surface area contributed by atoms with Gasteiger partial charge in [-0.3, -0.25) is 4.57 Å². The highest BCUT2D eigenvalue weighted by atomic mass is 16.7. The van der Waals surface area contributed by atoms with E-state index in [0.29, 0.717) is 39.6 Å². The van der Waals surface area contributed by atoms with Gasteiger partial charge >= 0.3 is 0 Å². The molecule has 134 valence electrons. The summed E-state index contributed by atoms with van der Waals surface area (Å²) in [7, 11) is 0. The maximum Gasteiger partial charge on any atom is 0.231 e. The molecule has 0 bridgehead atoms. The van der Waals surface area contributed by atoms with Crippen LogP contribution in [-0.2, 0) is 0 Å². The van der Waals surface area contributed by atoms with Crippen LogP contribution in [0.4, 0.5) is 0 Å². The number of ether oxygens (including phenoxy) is 2. The third-order valence-corrected chi connectivity index (χ3v) is 4.59. The molecule has 0 saturated carbocycles. The number of pyridine rings is 1. The Bertz CT molecular complexity index is 1200. The molecule has 27 heavy (non-hydrogen) atoms. The van der Waals surface area contributed by atoms with E-state index in [4.69, 9.17) is 9.47 Å². The summed E-state index contributed by atoms with van der Waals surface area (Å²) in [5, 5.41) is 20.3. The number of imidazole rings is 1. The lowest BCUT2D eigenvalue weighted by Crippen LogP contribution is -1.99. The molecule has 0 saturated heterocycles. The molecule has 0 amide bonds. The highest BCUT2D eigenvalue weighted by molar-refractivity contribution is 5.82. The Hall–Kier alpha value is -3.74. The number of hydrogen-bond donors (Lipinski definition) is 2. The first kappa shape index (κ1) is 15.5. The van der Waals surface area contributed by atoms with Crippen molar-refractivity contribution in [3.05, 3.63) is 54.2 Å². The summed E-state index contributed by atoms with van der Waals surface area (Å²) in [5.41, 5.74) is 3.26. The predicted octanol–water partition coefficient (Wildman–Crippen LogP) is 3.54. The van der Waals surface area contributed by atoms with Crippen molar-refractivity contribution in [2.24, 2.45) is 0 Å². The zero-order chi connectivity index (χ0) is 18.5. The number of rotatable bonds is 2. The van der Waals surface area contributed by atoms with E-state index >= 15 is 0 Å². The summed E-state index contributed by atoms with van der Waals surface area (Å²) in [5.74, 6) is 1.81. The van der Waals surface area contributed by atoms with Gasteiger partial charge in [0.15, 0.2) is 23.0 Å². The van der Waals surface area contributed by atoms with Crippen molar-refractivity contribution in [1.29, 1.82) is 0 Å². The predicted molar refractivity (Wildman–Crippen MR) is 98.5 cm³/mol. The molecule has 0 unspecified atom stereocenters. The molecular weight excluding hydrogens is 346 g/mol. The van der Waals surface area contributed by atoms with Crippen LogP contribution in [0.5, 0.6) is 23.0 Å². The molecule has 1 aliphatic heterocycles. The van der Waals surface area contributed by atoms with Gasteiger partial charge in [0.2, 0.25) is 6.79 Å². The fraction of sp³-hybridized carbons (Fsp3) is 0.100. The summed E-state index contributed by atoms with van der Waals surface area (Å²) in [6, 6.07) is 12.3. The summed E-state index contributed by atoms with van der Waals surface area (Å²) in [4.78, 5) is 9.14. The molecule has 2 aromatic carbocycles. The minimum atomic E-state index is -0.0598. The number of benzene rings is 2. The van der Waals surface area contributed by atoms with Gasteiger partial charge < -0.3 is 19.7 Å². The van der Waals surface area contributed by atoms with E-state index in [1.54, 1.807) is 19.2 Å². The molecule has 2 N–H and O–H groups in total. The standard InChI is InChI=1S/C20H15N3O4/c1-11-7-13(16(25)9-15(11)24)19-22-14-3-2-6-21-20(14)23(19)12-4-5-17-18(8-12)27-10-26-17/h2-9,24-25H,10H2,1H3. The summed E-state index contributed by atoms with van der Waals surface area (Å²) >= 11 is 0. The second-order valence-electron chi connectivity index (χ2n) is 6.31. The van der Waals surface area contributed by atoms with Crippen molar-refractivity contribution in [1.82, 2.24) is 14.5 Å². The van der Waals surface area contributed by atoms with E-state index in [1.165, 1.54) is 6.07 Å². The molecular formula is C20H15N3O4. The van der Waals surface area contributed by atoms with Gasteiger partial charge in [0.1, 0.15) is 17.0 Å². The molecule has 7 nitrogen and oxygen atoms in total. The Morgan fingerprint density at radius 3 is 2.74 bits per heavy atom. The Labute approximate surface area is 154 Å². The Balaban J connectivity index is 1.81. The van der Waals surface area contributed by atoms with Crippen LogP contribution in [0.25, 0.3) is 28.2 Å². The van der Waals surface area contributed by atoms with Gasteiger partial charge in [0.25, 0.3) is 0 Å². The third-order valence-electron chi connectivity index (χ3n) is 4.59. The number of fused-ring (bicyclic) bond motifs is 2. The Morgan fingerprint density at radius 1 is 1.00 bits per heavy atom. The smallest absolute Gasteiger partial charge is 0.231 e. The fourth-order valence-electron chi connectivity index (χ4n) is 3.23. The zero-order valence-electron chi connectivity index (χ0n) is 14.4. The van der Waals surface area contributed by atoms with Gasteiger partial charge in [-0.1, -0.05) is 0 Å². The van der Waals surface area contributed by atoms with E-state index < -0.39 is 0 Å². The topological polar surface area (TPSA) is 89.6 Å². The van der Waals surface area contributed by atoms with E-state index in [0.717, 1.165) is 5.69 Å². The second kappa shape index (κ2) is 5.63. The zero-order valence-corrected chi connectivity index (χ0v) is 14.4. The molecule has 7 heteroatoms. The average Bonchev–Trinajstić information content (AvgIpc) is 3.28. The number of hydrogen-bond acceptors (Lipinski definition) is 6. The first-order chi connectivity index (χ1) is 13.1. The number of aryl methyl sites for hydroxylation is 1. The quantitative estimate of drug-likeness (QED) is 0.568. The van der Waals surface area contributed by atoms with Gasteiger partial charge in [0.05, 0.1) is 11.3 Å². The molecule has 0 fully saturated rings. The summed E-state index contributed by atoms with van der Waals surface area (Å²) in [6.07, 6.45) is 1.69. The molecule has 0 spiro atoms. The summed E-state index contributed by atoms with van der Waals surface area (Å²) in [6.45, 7) is 1.95. The van der Waals surface area contributed by atoms with Crippen LogP contribution in [0.2, 0.25) is 0 Å². The van der Waals surface area contributed by atoms with Crippen LogP contribution in [-0.4, -0.2) is 31.5 Å². The van der Waals surface area contributed by atoms with Gasteiger partial charge in [-0.05, 0) is 42.8 Å². The lowest BCUT2D eigenvalue weighted by atomic mass is 10.1. The van der Waals surface area contributed by atoms with Crippen molar-refractivity contribution in [2.45, 2.75) is 6.92 Å². The maximum absolute atomic E-state index is 10.4. The molecule has 0 aliphatic carbocycles.